The Balaban J connectivity index is 3.99. The van der Waals surface area contributed by atoms with E-state index in [1.54, 1.807) is 11.8 Å². The van der Waals surface area contributed by atoms with Crippen molar-refractivity contribution in [3.63, 3.8) is 0 Å². The summed E-state index contributed by atoms with van der Waals surface area (Å²) in [7, 11) is 0. The molecule has 1 amide bonds. The van der Waals surface area contributed by atoms with E-state index in [2.05, 4.69) is 6.92 Å². The van der Waals surface area contributed by atoms with E-state index in [0.29, 0.717) is 19.7 Å². The Morgan fingerprint density at radius 3 is 2.37 bits per heavy atom. The van der Waals surface area contributed by atoms with Crippen LogP contribution in [-0.2, 0) is 14.3 Å². The Labute approximate surface area is 115 Å². The minimum absolute atomic E-state index is 0.0427. The summed E-state index contributed by atoms with van der Waals surface area (Å²) >= 11 is 0. The topological polar surface area (TPSA) is 66.8 Å². The molecule has 0 radical (unpaired) electrons. The second-order valence-electron chi connectivity index (χ2n) is 4.47. The average molecular weight is 273 g/mol. The molecular formula is C14H27NO4. The van der Waals surface area contributed by atoms with Crippen molar-refractivity contribution in [3.8, 4) is 0 Å². The van der Waals surface area contributed by atoms with E-state index in [1.165, 1.54) is 0 Å². The number of aliphatic hydroxyl groups excluding tert-OH is 1. The van der Waals surface area contributed by atoms with Crippen molar-refractivity contribution in [1.82, 2.24) is 4.90 Å². The van der Waals surface area contributed by atoms with Crippen molar-refractivity contribution in [1.29, 1.82) is 0 Å². The van der Waals surface area contributed by atoms with Crippen LogP contribution in [0.1, 0.15) is 52.4 Å². The fourth-order valence-electron chi connectivity index (χ4n) is 1.81. The molecule has 0 saturated carbocycles. The summed E-state index contributed by atoms with van der Waals surface area (Å²) in [5, 5.41) is 8.96. The molecule has 0 aliphatic heterocycles. The largest absolute Gasteiger partial charge is 0.466 e. The van der Waals surface area contributed by atoms with Crippen molar-refractivity contribution in [2.75, 3.05) is 26.3 Å². The molecule has 0 rings (SSSR count). The van der Waals surface area contributed by atoms with Crippen molar-refractivity contribution in [2.45, 2.75) is 52.4 Å². The van der Waals surface area contributed by atoms with Crippen LogP contribution in [0.2, 0.25) is 0 Å². The Morgan fingerprint density at radius 1 is 1.05 bits per heavy atom. The number of carbonyl (C=O) groups is 2. The molecule has 0 heterocycles. The van der Waals surface area contributed by atoms with Crippen molar-refractivity contribution < 1.29 is 19.4 Å². The first kappa shape index (κ1) is 17.9. The predicted octanol–water partition coefficient (Wildman–Crippen LogP) is 1.73. The number of aliphatic hydroxyl groups is 1. The molecule has 5 nitrogen and oxygen atoms in total. The van der Waals surface area contributed by atoms with Gasteiger partial charge >= 0.3 is 5.97 Å². The Kier molecular flexibility index (Phi) is 11.3. The third-order valence-electron chi connectivity index (χ3n) is 2.85. The van der Waals surface area contributed by atoms with Gasteiger partial charge in [-0.3, -0.25) is 9.59 Å². The van der Waals surface area contributed by atoms with Gasteiger partial charge in [-0.2, -0.15) is 0 Å². The highest BCUT2D eigenvalue weighted by atomic mass is 16.5. The van der Waals surface area contributed by atoms with Gasteiger partial charge in [0.1, 0.15) is 0 Å². The van der Waals surface area contributed by atoms with Gasteiger partial charge in [0, 0.05) is 19.5 Å². The number of ether oxygens (including phenoxy) is 1. The van der Waals surface area contributed by atoms with Crippen molar-refractivity contribution in [2.24, 2.45) is 0 Å². The summed E-state index contributed by atoms with van der Waals surface area (Å²) < 4.78 is 4.79. The van der Waals surface area contributed by atoms with Gasteiger partial charge in [-0.05, 0) is 13.3 Å². The smallest absolute Gasteiger partial charge is 0.306 e. The van der Waals surface area contributed by atoms with Crippen LogP contribution < -0.4 is 0 Å². The van der Waals surface area contributed by atoms with E-state index in [4.69, 9.17) is 9.84 Å². The Morgan fingerprint density at radius 2 is 1.79 bits per heavy atom. The lowest BCUT2D eigenvalue weighted by Gasteiger charge is -2.21. The first-order chi connectivity index (χ1) is 9.15. The lowest BCUT2D eigenvalue weighted by atomic mass is 10.2. The minimum Gasteiger partial charge on any atom is -0.466 e. The van der Waals surface area contributed by atoms with Gasteiger partial charge < -0.3 is 14.7 Å². The third kappa shape index (κ3) is 9.47. The van der Waals surface area contributed by atoms with Gasteiger partial charge in [0.2, 0.25) is 5.91 Å². The molecule has 0 aromatic rings. The fraction of sp³-hybridized carbons (Fsp3) is 0.857. The molecule has 112 valence electrons. The molecule has 0 aromatic heterocycles. The maximum absolute atomic E-state index is 11.9. The van der Waals surface area contributed by atoms with Crippen LogP contribution in [-0.4, -0.2) is 48.2 Å². The molecule has 0 spiro atoms. The lowest BCUT2D eigenvalue weighted by molar-refractivity contribution is -0.145. The summed E-state index contributed by atoms with van der Waals surface area (Å²) in [5.41, 5.74) is 0. The number of hydrogen-bond donors (Lipinski definition) is 1. The maximum Gasteiger partial charge on any atom is 0.306 e. The molecule has 0 atom stereocenters. The SMILES string of the molecule is CCCCCCN(CCO)C(=O)CCC(=O)OCC. The zero-order valence-corrected chi connectivity index (χ0v) is 12.2. The molecule has 0 aliphatic carbocycles. The van der Waals surface area contributed by atoms with Crippen LogP contribution in [0, 0.1) is 0 Å². The highest BCUT2D eigenvalue weighted by molar-refractivity contribution is 5.81. The first-order valence-corrected chi connectivity index (χ1v) is 7.19. The van der Waals surface area contributed by atoms with Gasteiger partial charge in [0.25, 0.3) is 0 Å². The second-order valence-corrected chi connectivity index (χ2v) is 4.47. The summed E-state index contributed by atoms with van der Waals surface area (Å²) in [4.78, 5) is 24.7. The maximum atomic E-state index is 11.9. The predicted molar refractivity (Wildman–Crippen MR) is 73.7 cm³/mol. The van der Waals surface area contributed by atoms with Gasteiger partial charge in [-0.15, -0.1) is 0 Å². The molecule has 0 aliphatic rings. The second kappa shape index (κ2) is 12.0. The molecule has 0 aromatic carbocycles. The van der Waals surface area contributed by atoms with Gasteiger partial charge in [0.05, 0.1) is 19.6 Å². The average Bonchev–Trinajstić information content (AvgIpc) is 2.40. The first-order valence-electron chi connectivity index (χ1n) is 7.19. The van der Waals surface area contributed by atoms with E-state index in [-0.39, 0.29) is 31.3 Å². The quantitative estimate of drug-likeness (QED) is 0.460. The summed E-state index contributed by atoms with van der Waals surface area (Å²) in [6.45, 7) is 5.17. The summed E-state index contributed by atoms with van der Waals surface area (Å²) in [6.07, 6.45) is 4.61. The summed E-state index contributed by atoms with van der Waals surface area (Å²) in [6, 6.07) is 0. The summed E-state index contributed by atoms with van der Waals surface area (Å²) in [5.74, 6) is -0.426. The molecule has 19 heavy (non-hydrogen) atoms. The van der Waals surface area contributed by atoms with E-state index in [9.17, 15) is 9.59 Å². The molecule has 0 saturated heterocycles. The van der Waals surface area contributed by atoms with Crippen molar-refractivity contribution in [3.05, 3.63) is 0 Å². The molecule has 0 fully saturated rings. The fourth-order valence-corrected chi connectivity index (χ4v) is 1.81. The Hall–Kier alpha value is -1.10. The van der Waals surface area contributed by atoms with Gasteiger partial charge in [-0.1, -0.05) is 26.2 Å². The van der Waals surface area contributed by atoms with E-state index < -0.39 is 0 Å². The normalized spacial score (nSPS) is 10.3. The number of rotatable bonds is 11. The molecule has 0 unspecified atom stereocenters. The van der Waals surface area contributed by atoms with Gasteiger partial charge in [-0.25, -0.2) is 0 Å². The van der Waals surface area contributed by atoms with Gasteiger partial charge in [0.15, 0.2) is 0 Å². The van der Waals surface area contributed by atoms with Crippen LogP contribution in [0.3, 0.4) is 0 Å². The van der Waals surface area contributed by atoms with E-state index in [0.717, 1.165) is 25.7 Å². The minimum atomic E-state index is -0.342. The van der Waals surface area contributed by atoms with Crippen LogP contribution in [0.15, 0.2) is 0 Å². The molecular weight excluding hydrogens is 246 g/mol. The monoisotopic (exact) mass is 273 g/mol. The number of amides is 1. The number of carbonyl (C=O) groups excluding carboxylic acids is 2. The van der Waals surface area contributed by atoms with E-state index in [1.807, 2.05) is 0 Å². The van der Waals surface area contributed by atoms with Crippen LogP contribution in [0.4, 0.5) is 0 Å². The number of esters is 1. The third-order valence-corrected chi connectivity index (χ3v) is 2.85. The van der Waals surface area contributed by atoms with Crippen LogP contribution in [0.25, 0.3) is 0 Å². The standard InChI is InChI=1S/C14H27NO4/c1-3-5-6-7-10-15(11-12-16)13(17)8-9-14(18)19-4-2/h16H,3-12H2,1-2H3. The molecule has 5 heteroatoms. The number of hydrogen-bond acceptors (Lipinski definition) is 4. The Bertz CT molecular complexity index is 256. The zero-order valence-electron chi connectivity index (χ0n) is 12.2. The number of nitrogens with zero attached hydrogens (tertiary/aromatic N) is 1. The van der Waals surface area contributed by atoms with Crippen LogP contribution >= 0.6 is 0 Å². The van der Waals surface area contributed by atoms with E-state index >= 15 is 0 Å². The highest BCUT2D eigenvalue weighted by Crippen LogP contribution is 2.05. The van der Waals surface area contributed by atoms with Crippen molar-refractivity contribution >= 4 is 11.9 Å². The highest BCUT2D eigenvalue weighted by Gasteiger charge is 2.14. The lowest BCUT2D eigenvalue weighted by Crippen LogP contribution is -2.34. The zero-order chi connectivity index (χ0) is 14.5. The molecule has 1 N–H and O–H groups in total. The van der Waals surface area contributed by atoms with Crippen LogP contribution in [0.5, 0.6) is 0 Å². The number of unbranched alkanes of at least 4 members (excludes halogenated alkanes) is 3. The molecule has 0 bridgehead atoms.